The Bertz CT molecular complexity index is 2890. The van der Waals surface area contributed by atoms with Crippen LogP contribution in [0.2, 0.25) is 0 Å². The zero-order valence-electron chi connectivity index (χ0n) is 28.6. The van der Waals surface area contributed by atoms with Crippen molar-refractivity contribution in [2.75, 3.05) is 0 Å². The van der Waals surface area contributed by atoms with Gasteiger partial charge in [-0.2, -0.15) is 0 Å². The largest absolute Gasteiger partial charge is 0.0761 e. The molecule has 0 spiro atoms. The van der Waals surface area contributed by atoms with E-state index in [9.17, 15) is 0 Å². The molecule has 0 amide bonds. The number of allylic oxidation sites excluding steroid dienone is 4. The molecule has 242 valence electrons. The fourth-order valence-electron chi connectivity index (χ4n) is 9.42. The molecule has 0 aromatic heterocycles. The summed E-state index contributed by atoms with van der Waals surface area (Å²) in [4.78, 5) is 0. The van der Waals surface area contributed by atoms with Gasteiger partial charge in [0.15, 0.2) is 0 Å². The summed E-state index contributed by atoms with van der Waals surface area (Å²) in [6, 6.07) is 63.3. The quantitative estimate of drug-likeness (QED) is 0.166. The predicted octanol–water partition coefficient (Wildman–Crippen LogP) is 14.3. The number of hydrogen-bond donors (Lipinski definition) is 0. The molecule has 0 fully saturated rings. The lowest BCUT2D eigenvalue weighted by Gasteiger charge is -2.35. The van der Waals surface area contributed by atoms with Gasteiger partial charge in [0.25, 0.3) is 0 Å². The van der Waals surface area contributed by atoms with E-state index in [0.717, 1.165) is 0 Å². The molecule has 2 aliphatic carbocycles. The fraction of sp³-hybridized carbons (Fsp3) is 0.0385. The summed E-state index contributed by atoms with van der Waals surface area (Å²) in [6.45, 7) is 0. The van der Waals surface area contributed by atoms with Gasteiger partial charge in [-0.1, -0.05) is 188 Å². The maximum absolute atomic E-state index is 2.52. The van der Waals surface area contributed by atoms with Crippen molar-refractivity contribution in [3.05, 3.63) is 205 Å². The summed E-state index contributed by atoms with van der Waals surface area (Å²) in [5.74, 6) is 0.650. The lowest BCUT2D eigenvalue weighted by Crippen LogP contribution is -2.17. The van der Waals surface area contributed by atoms with Crippen molar-refractivity contribution in [3.8, 4) is 44.5 Å². The summed E-state index contributed by atoms with van der Waals surface area (Å²) in [7, 11) is 0. The van der Waals surface area contributed by atoms with Crippen LogP contribution < -0.4 is 0 Å². The molecule has 9 aromatic carbocycles. The zero-order valence-corrected chi connectivity index (χ0v) is 28.6. The van der Waals surface area contributed by atoms with Crippen molar-refractivity contribution in [2.45, 2.75) is 11.8 Å². The van der Waals surface area contributed by atoms with Crippen LogP contribution in [0.3, 0.4) is 0 Å². The van der Waals surface area contributed by atoms with Crippen molar-refractivity contribution in [1.82, 2.24) is 0 Å². The van der Waals surface area contributed by atoms with E-state index in [2.05, 4.69) is 194 Å². The van der Waals surface area contributed by atoms with Gasteiger partial charge >= 0.3 is 0 Å². The van der Waals surface area contributed by atoms with Crippen molar-refractivity contribution in [3.63, 3.8) is 0 Å². The Morgan fingerprint density at radius 3 is 1.56 bits per heavy atom. The maximum Gasteiger partial charge on any atom is 0.0137 e. The molecule has 0 nitrogen and oxygen atoms in total. The van der Waals surface area contributed by atoms with Crippen molar-refractivity contribution < 1.29 is 0 Å². The molecule has 9 aromatic rings. The molecule has 0 heteroatoms. The third kappa shape index (κ3) is 4.28. The van der Waals surface area contributed by atoms with E-state index in [1.165, 1.54) is 98.7 Å². The van der Waals surface area contributed by atoms with Crippen LogP contribution in [0.15, 0.2) is 194 Å². The summed E-state index contributed by atoms with van der Waals surface area (Å²) < 4.78 is 0. The monoisotopic (exact) mass is 658 g/mol. The Hall–Kier alpha value is -6.50. The SMILES string of the molecule is C1=CC2c3ccccc3-c3cc(-c4c5ccccc5c(-c5ccc(-c6cccc7ccccc67)cc5)c5ccccc45)c4ccccc4c3C2C=C1. The first-order valence-corrected chi connectivity index (χ1v) is 18.4. The Morgan fingerprint density at radius 2 is 0.827 bits per heavy atom. The van der Waals surface area contributed by atoms with Crippen molar-refractivity contribution in [2.24, 2.45) is 0 Å². The summed E-state index contributed by atoms with van der Waals surface area (Å²) in [5.41, 5.74) is 13.2. The Morgan fingerprint density at radius 1 is 0.308 bits per heavy atom. The van der Waals surface area contributed by atoms with Crippen LogP contribution in [0.1, 0.15) is 23.0 Å². The first-order valence-electron chi connectivity index (χ1n) is 18.4. The van der Waals surface area contributed by atoms with Gasteiger partial charge in [0, 0.05) is 11.8 Å². The summed E-state index contributed by atoms with van der Waals surface area (Å²) >= 11 is 0. The Kier molecular flexibility index (Phi) is 6.48. The smallest absolute Gasteiger partial charge is 0.0137 e. The van der Waals surface area contributed by atoms with E-state index in [0.29, 0.717) is 11.8 Å². The average molecular weight is 659 g/mol. The Balaban J connectivity index is 1.18. The number of rotatable bonds is 3. The third-order valence-corrected chi connectivity index (χ3v) is 11.6. The van der Waals surface area contributed by atoms with Gasteiger partial charge in [-0.3, -0.25) is 0 Å². The lowest BCUT2D eigenvalue weighted by atomic mass is 9.68. The highest BCUT2D eigenvalue weighted by Gasteiger charge is 2.34. The highest BCUT2D eigenvalue weighted by molar-refractivity contribution is 6.24. The van der Waals surface area contributed by atoms with Crippen LogP contribution in [0.25, 0.3) is 87.6 Å². The first kappa shape index (κ1) is 29.3. The van der Waals surface area contributed by atoms with Crippen LogP contribution in [-0.4, -0.2) is 0 Å². The highest BCUT2D eigenvalue weighted by atomic mass is 14.4. The molecule has 0 N–H and O–H groups in total. The van der Waals surface area contributed by atoms with E-state index in [1.54, 1.807) is 0 Å². The van der Waals surface area contributed by atoms with E-state index >= 15 is 0 Å². The molecule has 2 aliphatic rings. The standard InChI is InChI=1S/C52H34/c1-2-16-36-33(14-1)15-13-27-37(36)34-28-30-35(31-29-34)50-44-23-9-11-25-46(44)52(47-26-12-10-24-45(47)50)49-32-48-40-19-4-3-17-38(40)39-18-5-7-21-42(39)51(48)43-22-8-6-20-41(43)49/h1-32,39,42H. The van der Waals surface area contributed by atoms with Crippen LogP contribution in [0.4, 0.5) is 0 Å². The lowest BCUT2D eigenvalue weighted by molar-refractivity contribution is 0.725. The van der Waals surface area contributed by atoms with Gasteiger partial charge in [-0.25, -0.2) is 0 Å². The molecule has 2 unspecified atom stereocenters. The molecule has 0 saturated heterocycles. The molecular formula is C52H34. The van der Waals surface area contributed by atoms with Gasteiger partial charge in [-0.15, -0.1) is 0 Å². The highest BCUT2D eigenvalue weighted by Crippen LogP contribution is 2.54. The molecule has 0 radical (unpaired) electrons. The van der Waals surface area contributed by atoms with Crippen LogP contribution >= 0.6 is 0 Å². The summed E-state index contributed by atoms with van der Waals surface area (Å²) in [6.07, 6.45) is 9.26. The third-order valence-electron chi connectivity index (χ3n) is 11.6. The average Bonchev–Trinajstić information content (AvgIpc) is 3.22. The molecule has 0 aliphatic heterocycles. The molecule has 52 heavy (non-hydrogen) atoms. The second-order valence-corrected chi connectivity index (χ2v) is 14.3. The van der Waals surface area contributed by atoms with E-state index in [-0.39, 0.29) is 0 Å². The zero-order chi connectivity index (χ0) is 34.2. The topological polar surface area (TPSA) is 0 Å². The summed E-state index contributed by atoms with van der Waals surface area (Å²) in [5, 5.41) is 10.3. The van der Waals surface area contributed by atoms with Crippen molar-refractivity contribution >= 4 is 43.1 Å². The first-order chi connectivity index (χ1) is 25.8. The number of benzene rings is 9. The minimum absolute atomic E-state index is 0.307. The Labute approximate surface area is 303 Å². The fourth-order valence-corrected chi connectivity index (χ4v) is 9.42. The van der Waals surface area contributed by atoms with E-state index in [4.69, 9.17) is 0 Å². The minimum Gasteiger partial charge on any atom is -0.0761 e. The molecule has 0 heterocycles. The minimum atomic E-state index is 0.307. The number of fused-ring (bicyclic) bond motifs is 11. The van der Waals surface area contributed by atoms with Gasteiger partial charge in [0.2, 0.25) is 0 Å². The molecule has 0 saturated carbocycles. The van der Waals surface area contributed by atoms with Gasteiger partial charge in [0.05, 0.1) is 0 Å². The second-order valence-electron chi connectivity index (χ2n) is 14.3. The molecular weight excluding hydrogens is 625 g/mol. The molecule has 2 atom stereocenters. The van der Waals surface area contributed by atoms with Crippen LogP contribution in [0.5, 0.6) is 0 Å². The van der Waals surface area contributed by atoms with Gasteiger partial charge < -0.3 is 0 Å². The van der Waals surface area contributed by atoms with Crippen LogP contribution in [-0.2, 0) is 0 Å². The van der Waals surface area contributed by atoms with E-state index < -0.39 is 0 Å². The van der Waals surface area contributed by atoms with Gasteiger partial charge in [-0.05, 0) is 105 Å². The van der Waals surface area contributed by atoms with Crippen LogP contribution in [0, 0.1) is 0 Å². The maximum atomic E-state index is 2.52. The molecule has 0 bridgehead atoms. The second kappa shape index (κ2) is 11.5. The van der Waals surface area contributed by atoms with Crippen molar-refractivity contribution in [1.29, 1.82) is 0 Å². The normalized spacial score (nSPS) is 15.9. The molecule has 11 rings (SSSR count). The predicted molar refractivity (Wildman–Crippen MR) is 222 cm³/mol. The van der Waals surface area contributed by atoms with Gasteiger partial charge in [0.1, 0.15) is 0 Å². The number of hydrogen-bond acceptors (Lipinski definition) is 0. The van der Waals surface area contributed by atoms with E-state index in [1.807, 2.05) is 0 Å².